The second-order valence-corrected chi connectivity index (χ2v) is 6.99. The van der Waals surface area contributed by atoms with Gasteiger partial charge in [0, 0.05) is 17.8 Å². The van der Waals surface area contributed by atoms with Crippen molar-refractivity contribution in [2.45, 2.75) is 37.6 Å². The third-order valence-electron chi connectivity index (χ3n) is 3.73. The van der Waals surface area contributed by atoms with Crippen molar-refractivity contribution in [2.24, 2.45) is 0 Å². The van der Waals surface area contributed by atoms with E-state index in [0.29, 0.717) is 17.1 Å². The van der Waals surface area contributed by atoms with Gasteiger partial charge in [0.2, 0.25) is 5.91 Å². The Kier molecular flexibility index (Phi) is 6.43. The molecule has 25 heavy (non-hydrogen) atoms. The van der Waals surface area contributed by atoms with Gasteiger partial charge in [-0.2, -0.15) is 5.26 Å². The number of benzene rings is 1. The summed E-state index contributed by atoms with van der Waals surface area (Å²) in [5, 5.41) is 12.5. The van der Waals surface area contributed by atoms with Gasteiger partial charge in [-0.15, -0.1) is 0 Å². The van der Waals surface area contributed by atoms with E-state index < -0.39 is 0 Å². The first-order chi connectivity index (χ1) is 12.0. The molecular weight excluding hydrogens is 334 g/mol. The van der Waals surface area contributed by atoms with Crippen LogP contribution in [0, 0.1) is 25.2 Å². The van der Waals surface area contributed by atoms with Gasteiger partial charge in [0.25, 0.3) is 0 Å². The van der Waals surface area contributed by atoms with E-state index in [1.807, 2.05) is 51.1 Å². The monoisotopic (exact) mass is 355 g/mol. The van der Waals surface area contributed by atoms with Gasteiger partial charge in [0.1, 0.15) is 16.8 Å². The minimum absolute atomic E-state index is 0.110. The van der Waals surface area contributed by atoms with Crippen LogP contribution in [0.4, 0.5) is 0 Å². The summed E-state index contributed by atoms with van der Waals surface area (Å²) in [4.78, 5) is 16.8. The minimum Gasteiger partial charge on any atom is -0.496 e. The molecule has 1 aromatic heterocycles. The van der Waals surface area contributed by atoms with Crippen molar-refractivity contribution in [1.29, 1.82) is 5.26 Å². The molecule has 1 atom stereocenters. The molecule has 1 amide bonds. The predicted octanol–water partition coefficient (Wildman–Crippen LogP) is 3.38. The summed E-state index contributed by atoms with van der Waals surface area (Å²) in [7, 11) is 1.61. The summed E-state index contributed by atoms with van der Waals surface area (Å²) in [5.41, 5.74) is 3.15. The first-order valence-corrected chi connectivity index (χ1v) is 8.78. The zero-order valence-corrected chi connectivity index (χ0v) is 15.6. The fraction of sp³-hybridized carbons (Fsp3) is 0.316. The summed E-state index contributed by atoms with van der Waals surface area (Å²) in [5.74, 6) is 0.631. The number of nitriles is 1. The highest BCUT2D eigenvalue weighted by Gasteiger charge is 2.19. The van der Waals surface area contributed by atoms with Gasteiger partial charge in [-0.05, 0) is 38.5 Å². The van der Waals surface area contributed by atoms with Crippen LogP contribution in [0.3, 0.4) is 0 Å². The van der Waals surface area contributed by atoms with E-state index in [2.05, 4.69) is 16.4 Å². The molecule has 0 bridgehead atoms. The Morgan fingerprint density at radius 2 is 2.12 bits per heavy atom. The van der Waals surface area contributed by atoms with Crippen molar-refractivity contribution in [3.63, 3.8) is 0 Å². The fourth-order valence-corrected chi connectivity index (χ4v) is 3.47. The molecule has 130 valence electrons. The number of methoxy groups -OCH3 is 1. The van der Waals surface area contributed by atoms with E-state index in [9.17, 15) is 10.1 Å². The van der Waals surface area contributed by atoms with Gasteiger partial charge < -0.3 is 10.1 Å². The molecule has 1 heterocycles. The number of amides is 1. The maximum atomic E-state index is 12.4. The highest BCUT2D eigenvalue weighted by atomic mass is 32.2. The third kappa shape index (κ3) is 4.74. The summed E-state index contributed by atoms with van der Waals surface area (Å²) < 4.78 is 5.29. The summed E-state index contributed by atoms with van der Waals surface area (Å²) in [6.07, 6.45) is 0. The quantitative estimate of drug-likeness (QED) is 0.804. The SMILES string of the molecule is COc1ccccc1CNC(=O)C(C)Sc1nc(C)cc(C)c1C#N. The molecular formula is C19H21N3O2S. The van der Waals surface area contributed by atoms with Crippen LogP contribution in [-0.4, -0.2) is 23.3 Å². The van der Waals surface area contributed by atoms with Crippen LogP contribution in [0.5, 0.6) is 5.75 Å². The topological polar surface area (TPSA) is 75.0 Å². The Morgan fingerprint density at radius 1 is 1.40 bits per heavy atom. The Hall–Kier alpha value is -2.52. The molecule has 1 unspecified atom stereocenters. The van der Waals surface area contributed by atoms with Gasteiger partial charge in [-0.3, -0.25) is 4.79 Å². The third-order valence-corrected chi connectivity index (χ3v) is 4.81. The number of ether oxygens (including phenoxy) is 1. The molecule has 6 heteroatoms. The molecule has 0 aliphatic heterocycles. The molecule has 0 fully saturated rings. The lowest BCUT2D eigenvalue weighted by Crippen LogP contribution is -2.30. The lowest BCUT2D eigenvalue weighted by Gasteiger charge is -2.14. The summed E-state index contributed by atoms with van der Waals surface area (Å²) >= 11 is 1.30. The van der Waals surface area contributed by atoms with Crippen LogP contribution in [-0.2, 0) is 11.3 Å². The largest absolute Gasteiger partial charge is 0.496 e. The average Bonchev–Trinajstić information content (AvgIpc) is 2.59. The van der Waals surface area contributed by atoms with Crippen LogP contribution >= 0.6 is 11.8 Å². The zero-order chi connectivity index (χ0) is 18.4. The van der Waals surface area contributed by atoms with Crippen molar-refractivity contribution in [2.75, 3.05) is 7.11 Å². The Morgan fingerprint density at radius 3 is 2.80 bits per heavy atom. The predicted molar refractivity (Wildman–Crippen MR) is 98.6 cm³/mol. The second-order valence-electron chi connectivity index (χ2n) is 5.66. The molecule has 0 aliphatic rings. The van der Waals surface area contributed by atoms with Crippen molar-refractivity contribution in [1.82, 2.24) is 10.3 Å². The molecule has 0 radical (unpaired) electrons. The zero-order valence-electron chi connectivity index (χ0n) is 14.8. The van der Waals surface area contributed by atoms with Crippen molar-refractivity contribution >= 4 is 17.7 Å². The minimum atomic E-state index is -0.365. The second kappa shape index (κ2) is 8.54. The number of thioether (sulfide) groups is 1. The van der Waals surface area contributed by atoms with Gasteiger partial charge >= 0.3 is 0 Å². The normalized spacial score (nSPS) is 11.5. The van der Waals surface area contributed by atoms with Crippen LogP contribution in [0.15, 0.2) is 35.4 Å². The molecule has 2 rings (SSSR count). The first-order valence-electron chi connectivity index (χ1n) is 7.90. The van der Waals surface area contributed by atoms with Crippen molar-refractivity contribution in [3.8, 4) is 11.8 Å². The van der Waals surface area contributed by atoms with E-state index in [1.165, 1.54) is 11.8 Å². The number of carbonyl (C=O) groups is 1. The van der Waals surface area contributed by atoms with Gasteiger partial charge in [-0.25, -0.2) is 4.98 Å². The lowest BCUT2D eigenvalue weighted by atomic mass is 10.1. The molecule has 0 spiro atoms. The highest BCUT2D eigenvalue weighted by molar-refractivity contribution is 8.00. The number of rotatable bonds is 6. The summed E-state index contributed by atoms with van der Waals surface area (Å²) in [6.45, 7) is 5.95. The smallest absolute Gasteiger partial charge is 0.233 e. The van der Waals surface area contributed by atoms with E-state index in [4.69, 9.17) is 4.74 Å². The molecule has 2 aromatic rings. The Bertz CT molecular complexity index is 815. The lowest BCUT2D eigenvalue weighted by molar-refractivity contribution is -0.120. The number of pyridine rings is 1. The number of hydrogen-bond acceptors (Lipinski definition) is 5. The molecule has 0 saturated carbocycles. The molecule has 1 aromatic carbocycles. The maximum absolute atomic E-state index is 12.4. The number of nitrogens with zero attached hydrogens (tertiary/aromatic N) is 2. The van der Waals surface area contributed by atoms with Crippen LogP contribution in [0.25, 0.3) is 0 Å². The van der Waals surface area contributed by atoms with E-state index >= 15 is 0 Å². The van der Waals surface area contributed by atoms with Crippen LogP contribution in [0.1, 0.15) is 29.3 Å². The first kappa shape index (κ1) is 18.8. The highest BCUT2D eigenvalue weighted by Crippen LogP contribution is 2.27. The van der Waals surface area contributed by atoms with Gasteiger partial charge in [-0.1, -0.05) is 30.0 Å². The number of aryl methyl sites for hydroxylation is 2. The number of para-hydroxylation sites is 1. The van der Waals surface area contributed by atoms with Gasteiger partial charge in [0.15, 0.2) is 0 Å². The van der Waals surface area contributed by atoms with E-state index in [0.717, 1.165) is 22.6 Å². The number of carbonyl (C=O) groups excluding carboxylic acids is 1. The van der Waals surface area contributed by atoms with Crippen LogP contribution in [0.2, 0.25) is 0 Å². The fourth-order valence-electron chi connectivity index (χ4n) is 2.42. The Balaban J connectivity index is 2.05. The van der Waals surface area contributed by atoms with E-state index in [1.54, 1.807) is 7.11 Å². The molecule has 0 aliphatic carbocycles. The number of hydrogen-bond donors (Lipinski definition) is 1. The average molecular weight is 355 g/mol. The molecule has 5 nitrogen and oxygen atoms in total. The van der Waals surface area contributed by atoms with Crippen LogP contribution < -0.4 is 10.1 Å². The number of aromatic nitrogens is 1. The molecule has 0 saturated heterocycles. The van der Waals surface area contributed by atoms with Crippen molar-refractivity contribution < 1.29 is 9.53 Å². The standard InChI is InChI=1S/C19H21N3O2S/c1-12-9-13(2)22-19(16(12)10-20)25-14(3)18(23)21-11-15-7-5-6-8-17(15)24-4/h5-9,14H,11H2,1-4H3,(H,21,23). The maximum Gasteiger partial charge on any atom is 0.233 e. The number of nitrogens with one attached hydrogen (secondary N) is 1. The van der Waals surface area contributed by atoms with Gasteiger partial charge in [0.05, 0.1) is 17.9 Å². The van der Waals surface area contributed by atoms with Crippen molar-refractivity contribution in [3.05, 3.63) is 52.7 Å². The summed E-state index contributed by atoms with van der Waals surface area (Å²) in [6, 6.07) is 11.6. The Labute approximate surface area is 152 Å². The molecule has 1 N–H and O–H groups in total. The van der Waals surface area contributed by atoms with E-state index in [-0.39, 0.29) is 11.2 Å².